The van der Waals surface area contributed by atoms with Crippen LogP contribution in [-0.2, 0) is 4.79 Å². The molecule has 0 aliphatic heterocycles. The van der Waals surface area contributed by atoms with Gasteiger partial charge in [-0.25, -0.2) is 9.97 Å². The van der Waals surface area contributed by atoms with Crippen LogP contribution in [0.4, 0.5) is 0 Å². The molecule has 0 atom stereocenters. The highest BCUT2D eigenvalue weighted by Gasteiger charge is 2.18. The number of amides is 1. The summed E-state index contributed by atoms with van der Waals surface area (Å²) in [6.45, 7) is 0. The van der Waals surface area contributed by atoms with Crippen molar-refractivity contribution in [2.75, 3.05) is 26.2 Å². The Morgan fingerprint density at radius 2 is 1.88 bits per heavy atom. The molecule has 0 aliphatic carbocycles. The molecule has 0 saturated carbocycles. The van der Waals surface area contributed by atoms with E-state index >= 15 is 0 Å². The Balaban J connectivity index is 2.65. The highest BCUT2D eigenvalue weighted by atomic mass is 32.2. The number of thioether (sulfide) groups is 2. The van der Waals surface area contributed by atoms with E-state index in [-0.39, 0.29) is 11.3 Å². The zero-order valence-corrected chi connectivity index (χ0v) is 15.5. The van der Waals surface area contributed by atoms with E-state index in [1.807, 2.05) is 6.26 Å². The fourth-order valence-corrected chi connectivity index (χ4v) is 3.15. The molecule has 0 saturated heterocycles. The summed E-state index contributed by atoms with van der Waals surface area (Å²) < 4.78 is 10.6. The molecule has 25 heavy (non-hydrogen) atoms. The predicted molar refractivity (Wildman–Crippen MR) is 97.0 cm³/mol. The number of hydrogen-bond acceptors (Lipinski definition) is 8. The topological polar surface area (TPSA) is 111 Å². The molecule has 0 unspecified atom stereocenters. The van der Waals surface area contributed by atoms with Gasteiger partial charge in [-0.15, -0.1) is 0 Å². The van der Waals surface area contributed by atoms with Crippen molar-refractivity contribution in [1.29, 1.82) is 5.26 Å². The average Bonchev–Trinajstić information content (AvgIpc) is 2.64. The van der Waals surface area contributed by atoms with Crippen LogP contribution < -0.4 is 15.2 Å². The van der Waals surface area contributed by atoms with Crippen LogP contribution >= 0.6 is 23.5 Å². The van der Waals surface area contributed by atoms with E-state index in [0.29, 0.717) is 32.9 Å². The van der Waals surface area contributed by atoms with E-state index in [1.54, 1.807) is 32.4 Å². The van der Waals surface area contributed by atoms with Crippen molar-refractivity contribution in [3.05, 3.63) is 23.8 Å². The van der Waals surface area contributed by atoms with Crippen LogP contribution in [0.3, 0.4) is 0 Å². The molecular weight excluding hydrogens is 360 g/mol. The molecule has 2 rings (SSSR count). The van der Waals surface area contributed by atoms with Gasteiger partial charge in [-0.3, -0.25) is 4.79 Å². The fraction of sp³-hybridized carbons (Fsp3) is 0.250. The molecule has 1 aromatic heterocycles. The number of carbonyl (C=O) groups is 1. The van der Waals surface area contributed by atoms with Crippen LogP contribution in [0.25, 0.3) is 11.3 Å². The molecule has 0 aliphatic rings. The number of methoxy groups -OCH3 is 2. The summed E-state index contributed by atoms with van der Waals surface area (Å²) in [5.41, 5.74) is 6.59. The second-order valence-corrected chi connectivity index (χ2v) is 6.44. The molecule has 130 valence electrons. The maximum absolute atomic E-state index is 11.1. The molecule has 1 amide bonds. The van der Waals surface area contributed by atoms with Gasteiger partial charge in [0.2, 0.25) is 5.91 Å². The molecule has 1 aromatic carbocycles. The van der Waals surface area contributed by atoms with E-state index in [0.717, 1.165) is 11.8 Å². The molecule has 7 nitrogen and oxygen atoms in total. The number of ether oxygens (including phenoxy) is 2. The van der Waals surface area contributed by atoms with Crippen molar-refractivity contribution in [2.45, 2.75) is 10.2 Å². The minimum atomic E-state index is -0.484. The number of carbonyl (C=O) groups excluding carboxylic acids is 1. The summed E-state index contributed by atoms with van der Waals surface area (Å²) in [5, 5.41) is 10.5. The number of primary amides is 1. The smallest absolute Gasteiger partial charge is 0.227 e. The van der Waals surface area contributed by atoms with Crippen LogP contribution in [0.15, 0.2) is 28.4 Å². The molecular formula is C16H16N4O3S2. The first-order valence-electron chi connectivity index (χ1n) is 7.03. The van der Waals surface area contributed by atoms with Crippen molar-refractivity contribution in [3.8, 4) is 28.8 Å². The summed E-state index contributed by atoms with van der Waals surface area (Å²) in [6, 6.07) is 7.38. The van der Waals surface area contributed by atoms with E-state index in [1.165, 1.54) is 11.8 Å². The van der Waals surface area contributed by atoms with Crippen LogP contribution in [0.5, 0.6) is 11.5 Å². The van der Waals surface area contributed by atoms with Gasteiger partial charge in [0, 0.05) is 11.6 Å². The number of rotatable bonds is 7. The molecule has 9 heteroatoms. The van der Waals surface area contributed by atoms with E-state index in [2.05, 4.69) is 16.0 Å². The third kappa shape index (κ3) is 4.55. The number of nitriles is 1. The first kappa shape index (κ1) is 18.9. The summed E-state index contributed by atoms with van der Waals surface area (Å²) >= 11 is 2.46. The first-order chi connectivity index (χ1) is 12.0. The van der Waals surface area contributed by atoms with Gasteiger partial charge in [0.25, 0.3) is 0 Å². The van der Waals surface area contributed by atoms with E-state index < -0.39 is 5.91 Å². The lowest BCUT2D eigenvalue weighted by Crippen LogP contribution is -2.13. The van der Waals surface area contributed by atoms with Gasteiger partial charge in [-0.1, -0.05) is 23.5 Å². The highest BCUT2D eigenvalue weighted by Crippen LogP contribution is 2.34. The Morgan fingerprint density at radius 1 is 1.24 bits per heavy atom. The Bertz CT molecular complexity index is 815. The number of aromatic nitrogens is 2. The number of hydrogen-bond donors (Lipinski definition) is 1. The summed E-state index contributed by atoms with van der Waals surface area (Å²) in [5.74, 6) is 0.700. The summed E-state index contributed by atoms with van der Waals surface area (Å²) in [7, 11) is 3.09. The van der Waals surface area contributed by atoms with Crippen LogP contribution in [0.1, 0.15) is 5.56 Å². The quantitative estimate of drug-likeness (QED) is 0.445. The third-order valence-corrected chi connectivity index (χ3v) is 4.67. The molecule has 2 aromatic rings. The largest absolute Gasteiger partial charge is 0.497 e. The monoisotopic (exact) mass is 376 g/mol. The average molecular weight is 376 g/mol. The number of benzene rings is 1. The Labute approximate surface area is 153 Å². The standard InChI is InChI=1S/C16H16N4O3S2/c1-22-10-4-9(5-11(6-10)23-2)14-12(7-17)15(25-8-13(18)21)20-16(19-14)24-3/h4-6H,8H2,1-3H3,(H2,18,21). The molecule has 1 heterocycles. The maximum Gasteiger partial charge on any atom is 0.227 e. The third-order valence-electron chi connectivity index (χ3n) is 3.13. The minimum absolute atomic E-state index is 0.0282. The number of nitrogens with two attached hydrogens (primary N) is 1. The SMILES string of the molecule is COc1cc(OC)cc(-c2nc(SC)nc(SCC(N)=O)c2C#N)c1. The fourth-order valence-electron chi connectivity index (χ4n) is 2.01. The number of nitrogens with zero attached hydrogens (tertiary/aromatic N) is 3. The van der Waals surface area contributed by atoms with Gasteiger partial charge in [0.05, 0.1) is 25.7 Å². The lowest BCUT2D eigenvalue weighted by atomic mass is 10.1. The second kappa shape index (κ2) is 8.60. The van der Waals surface area contributed by atoms with Crippen LogP contribution in [-0.4, -0.2) is 42.1 Å². The Hall–Kier alpha value is -2.44. The van der Waals surface area contributed by atoms with Crippen molar-refractivity contribution in [2.24, 2.45) is 5.73 Å². The zero-order chi connectivity index (χ0) is 18.4. The van der Waals surface area contributed by atoms with Gasteiger partial charge in [-0.05, 0) is 18.4 Å². The normalized spacial score (nSPS) is 10.2. The van der Waals surface area contributed by atoms with Crippen molar-refractivity contribution in [3.63, 3.8) is 0 Å². The summed E-state index contributed by atoms with van der Waals surface area (Å²) in [6.07, 6.45) is 1.83. The maximum atomic E-state index is 11.1. The molecule has 2 N–H and O–H groups in total. The molecule has 0 bridgehead atoms. The van der Waals surface area contributed by atoms with E-state index in [9.17, 15) is 10.1 Å². The van der Waals surface area contributed by atoms with Crippen molar-refractivity contribution >= 4 is 29.4 Å². The van der Waals surface area contributed by atoms with Crippen molar-refractivity contribution in [1.82, 2.24) is 9.97 Å². The van der Waals surface area contributed by atoms with Crippen LogP contribution in [0, 0.1) is 11.3 Å². The molecule has 0 spiro atoms. The van der Waals surface area contributed by atoms with Gasteiger partial charge in [-0.2, -0.15) is 5.26 Å². The van der Waals surface area contributed by atoms with Crippen molar-refractivity contribution < 1.29 is 14.3 Å². The van der Waals surface area contributed by atoms with E-state index in [4.69, 9.17) is 15.2 Å². The van der Waals surface area contributed by atoms with Gasteiger partial charge >= 0.3 is 0 Å². The summed E-state index contributed by atoms with van der Waals surface area (Å²) in [4.78, 5) is 19.9. The molecule has 0 fully saturated rings. The predicted octanol–water partition coefficient (Wildman–Crippen LogP) is 2.33. The Kier molecular flexibility index (Phi) is 6.50. The van der Waals surface area contributed by atoms with Gasteiger partial charge in [0.1, 0.15) is 28.2 Å². The first-order valence-corrected chi connectivity index (χ1v) is 9.24. The Morgan fingerprint density at radius 3 is 2.36 bits per heavy atom. The minimum Gasteiger partial charge on any atom is -0.497 e. The second-order valence-electron chi connectivity index (χ2n) is 4.71. The lowest BCUT2D eigenvalue weighted by Gasteiger charge is -2.12. The lowest BCUT2D eigenvalue weighted by molar-refractivity contribution is -0.115. The van der Waals surface area contributed by atoms with Crippen LogP contribution in [0.2, 0.25) is 0 Å². The molecule has 0 radical (unpaired) electrons. The highest BCUT2D eigenvalue weighted by molar-refractivity contribution is 8.00. The zero-order valence-electron chi connectivity index (χ0n) is 13.9. The van der Waals surface area contributed by atoms with Gasteiger partial charge < -0.3 is 15.2 Å². The van der Waals surface area contributed by atoms with Gasteiger partial charge in [0.15, 0.2) is 5.16 Å².